The van der Waals surface area contributed by atoms with Gasteiger partial charge >= 0.3 is 0 Å². The van der Waals surface area contributed by atoms with Crippen molar-refractivity contribution in [3.8, 4) is 0 Å². The Bertz CT molecular complexity index is 1270. The number of fused-ring (bicyclic) bond motifs is 1. The first-order chi connectivity index (χ1) is 14.0. The van der Waals surface area contributed by atoms with Gasteiger partial charge in [-0.3, -0.25) is 0 Å². The molecule has 0 atom stereocenters. The minimum atomic E-state index is -3.78. The number of hydrogen-bond donors (Lipinski definition) is 1. The Morgan fingerprint density at radius 2 is 1.63 bits per heavy atom. The highest BCUT2D eigenvalue weighted by Crippen LogP contribution is 2.13. The molecule has 1 heterocycles. The molecule has 0 aliphatic heterocycles. The number of sulfonamides is 1. The second kappa shape index (κ2) is 9.06. The standard InChI is InChI=1S/C21H19N5O2S.ClH/c1-16-11-13-18(14-12-16)29(27,28)25-23-20(17-7-3-2-4-8-17)15-26-21-10-6-5-9-19(21)22-24-26;/h2-14,25H,15H2,1H3;1H/b23-20-;. The van der Waals surface area contributed by atoms with E-state index in [4.69, 9.17) is 0 Å². The zero-order valence-electron chi connectivity index (χ0n) is 16.1. The van der Waals surface area contributed by atoms with Crippen molar-refractivity contribution >= 4 is 39.2 Å². The Morgan fingerprint density at radius 3 is 2.37 bits per heavy atom. The van der Waals surface area contributed by atoms with Crippen LogP contribution in [0.5, 0.6) is 0 Å². The largest absolute Gasteiger partial charge is 0.276 e. The van der Waals surface area contributed by atoms with Gasteiger partial charge in [0, 0.05) is 0 Å². The van der Waals surface area contributed by atoms with Gasteiger partial charge in [0.05, 0.1) is 22.7 Å². The molecular weight excluding hydrogens is 422 g/mol. The third-order valence-corrected chi connectivity index (χ3v) is 5.68. The van der Waals surface area contributed by atoms with Crippen LogP contribution in [0.2, 0.25) is 0 Å². The Labute approximate surface area is 180 Å². The third-order valence-electron chi connectivity index (χ3n) is 4.46. The summed E-state index contributed by atoms with van der Waals surface area (Å²) >= 11 is 0. The Morgan fingerprint density at radius 1 is 0.967 bits per heavy atom. The van der Waals surface area contributed by atoms with Crippen molar-refractivity contribution < 1.29 is 8.42 Å². The molecule has 0 aliphatic rings. The van der Waals surface area contributed by atoms with E-state index in [1.165, 1.54) is 0 Å². The molecule has 9 heteroatoms. The number of halogens is 1. The minimum Gasteiger partial charge on any atom is -0.239 e. The molecule has 4 rings (SSSR count). The summed E-state index contributed by atoms with van der Waals surface area (Å²) in [6.07, 6.45) is 0. The Hall–Kier alpha value is -3.23. The van der Waals surface area contributed by atoms with Gasteiger partial charge in [0.1, 0.15) is 5.52 Å². The average Bonchev–Trinajstić information content (AvgIpc) is 3.15. The minimum absolute atomic E-state index is 0. The predicted molar refractivity (Wildman–Crippen MR) is 119 cm³/mol. The lowest BCUT2D eigenvalue weighted by molar-refractivity contribution is 0.584. The quantitative estimate of drug-likeness (QED) is 0.366. The van der Waals surface area contributed by atoms with Gasteiger partial charge in [-0.15, -0.1) is 17.5 Å². The third kappa shape index (κ3) is 4.67. The van der Waals surface area contributed by atoms with Gasteiger partial charge in [0.25, 0.3) is 10.0 Å². The van der Waals surface area contributed by atoms with Crippen LogP contribution in [0, 0.1) is 6.92 Å². The summed E-state index contributed by atoms with van der Waals surface area (Å²) in [6, 6.07) is 23.6. The zero-order chi connectivity index (χ0) is 20.3. The molecule has 4 aromatic rings. The lowest BCUT2D eigenvalue weighted by Crippen LogP contribution is -2.23. The smallest absolute Gasteiger partial charge is 0.239 e. The van der Waals surface area contributed by atoms with Crippen LogP contribution in [0.3, 0.4) is 0 Å². The number of nitrogens with one attached hydrogen (secondary N) is 1. The van der Waals surface area contributed by atoms with E-state index in [0.717, 1.165) is 22.2 Å². The van der Waals surface area contributed by atoms with E-state index in [9.17, 15) is 8.42 Å². The Balaban J connectivity index is 0.00000256. The summed E-state index contributed by atoms with van der Waals surface area (Å²) in [5.74, 6) is 0. The van der Waals surface area contributed by atoms with Crippen LogP contribution in [-0.4, -0.2) is 29.1 Å². The highest BCUT2D eigenvalue weighted by atomic mass is 35.5. The molecule has 7 nitrogen and oxygen atoms in total. The van der Waals surface area contributed by atoms with Crippen LogP contribution in [0.25, 0.3) is 11.0 Å². The second-order valence-electron chi connectivity index (χ2n) is 6.57. The molecule has 0 fully saturated rings. The summed E-state index contributed by atoms with van der Waals surface area (Å²) in [5, 5.41) is 12.6. The van der Waals surface area contributed by atoms with Crippen LogP contribution in [0.15, 0.2) is 88.9 Å². The molecule has 0 saturated carbocycles. The first-order valence-corrected chi connectivity index (χ1v) is 10.5. The fourth-order valence-corrected chi connectivity index (χ4v) is 3.71. The molecule has 0 bridgehead atoms. The lowest BCUT2D eigenvalue weighted by atomic mass is 10.1. The molecule has 0 radical (unpaired) electrons. The molecule has 3 aromatic carbocycles. The van der Waals surface area contributed by atoms with E-state index >= 15 is 0 Å². The monoisotopic (exact) mass is 441 g/mol. The van der Waals surface area contributed by atoms with Gasteiger partial charge in [-0.1, -0.05) is 65.4 Å². The maximum atomic E-state index is 12.6. The fourth-order valence-electron chi connectivity index (χ4n) is 2.88. The van der Waals surface area contributed by atoms with Gasteiger partial charge < -0.3 is 0 Å². The molecule has 1 aromatic heterocycles. The van der Waals surface area contributed by atoms with Crippen LogP contribution in [0.1, 0.15) is 11.1 Å². The van der Waals surface area contributed by atoms with Crippen LogP contribution < -0.4 is 4.83 Å². The van der Waals surface area contributed by atoms with Crippen molar-refractivity contribution in [1.82, 2.24) is 19.8 Å². The summed E-state index contributed by atoms with van der Waals surface area (Å²) in [6.45, 7) is 2.17. The van der Waals surface area contributed by atoms with E-state index in [0.29, 0.717) is 5.71 Å². The number of rotatable bonds is 6. The topological polar surface area (TPSA) is 89.2 Å². The van der Waals surface area contributed by atoms with Crippen molar-refractivity contribution in [2.24, 2.45) is 5.10 Å². The molecule has 0 unspecified atom stereocenters. The number of aryl methyl sites for hydroxylation is 1. The van der Waals surface area contributed by atoms with E-state index in [2.05, 4.69) is 20.2 Å². The SMILES string of the molecule is Cc1ccc(S(=O)(=O)N/N=C(/Cn2nnc3ccccc32)c2ccccc2)cc1.Cl. The molecular formula is C21H20ClN5O2S. The number of aromatic nitrogens is 3. The molecule has 154 valence electrons. The zero-order valence-corrected chi connectivity index (χ0v) is 17.8. The normalized spacial score (nSPS) is 11.8. The summed E-state index contributed by atoms with van der Waals surface area (Å²) in [4.78, 5) is 2.51. The second-order valence-corrected chi connectivity index (χ2v) is 8.23. The summed E-state index contributed by atoms with van der Waals surface area (Å²) in [7, 11) is -3.78. The van der Waals surface area contributed by atoms with Crippen LogP contribution >= 0.6 is 12.4 Å². The molecule has 0 spiro atoms. The van der Waals surface area contributed by atoms with Gasteiger partial charge in [-0.05, 0) is 36.8 Å². The van der Waals surface area contributed by atoms with Crippen molar-refractivity contribution in [1.29, 1.82) is 0 Å². The number of hydrogen-bond acceptors (Lipinski definition) is 5. The van der Waals surface area contributed by atoms with Crippen molar-refractivity contribution in [2.45, 2.75) is 18.4 Å². The van der Waals surface area contributed by atoms with E-state index < -0.39 is 10.0 Å². The van der Waals surface area contributed by atoms with Crippen molar-refractivity contribution in [2.75, 3.05) is 0 Å². The highest BCUT2D eigenvalue weighted by Gasteiger charge is 2.15. The van der Waals surface area contributed by atoms with E-state index in [1.54, 1.807) is 28.9 Å². The number of benzene rings is 3. The molecule has 0 aliphatic carbocycles. The maximum Gasteiger partial charge on any atom is 0.276 e. The number of hydrazone groups is 1. The molecule has 1 N–H and O–H groups in total. The van der Waals surface area contributed by atoms with Crippen LogP contribution in [-0.2, 0) is 16.6 Å². The maximum absolute atomic E-state index is 12.6. The Kier molecular flexibility index (Phi) is 6.49. The van der Waals surface area contributed by atoms with Crippen molar-refractivity contribution in [3.63, 3.8) is 0 Å². The molecule has 0 saturated heterocycles. The highest BCUT2D eigenvalue weighted by molar-refractivity contribution is 7.89. The predicted octanol–water partition coefficient (Wildman–Crippen LogP) is 3.54. The number of nitrogens with zero attached hydrogens (tertiary/aromatic N) is 4. The first kappa shape index (κ1) is 21.5. The van der Waals surface area contributed by atoms with E-state index in [1.807, 2.05) is 61.5 Å². The van der Waals surface area contributed by atoms with Gasteiger partial charge in [0.15, 0.2) is 0 Å². The van der Waals surface area contributed by atoms with Gasteiger partial charge in [-0.25, -0.2) is 4.68 Å². The summed E-state index contributed by atoms with van der Waals surface area (Å²) < 4.78 is 27.0. The molecule has 0 amide bonds. The fraction of sp³-hybridized carbons (Fsp3) is 0.0952. The lowest BCUT2D eigenvalue weighted by Gasteiger charge is -2.10. The first-order valence-electron chi connectivity index (χ1n) is 9.02. The number of para-hydroxylation sites is 1. The molecule has 30 heavy (non-hydrogen) atoms. The average molecular weight is 442 g/mol. The summed E-state index contributed by atoms with van der Waals surface area (Å²) in [5.41, 5.74) is 3.91. The van der Waals surface area contributed by atoms with Crippen LogP contribution in [0.4, 0.5) is 0 Å². The van der Waals surface area contributed by atoms with Gasteiger partial charge in [0.2, 0.25) is 0 Å². The van der Waals surface area contributed by atoms with E-state index in [-0.39, 0.29) is 23.8 Å². The van der Waals surface area contributed by atoms with Gasteiger partial charge in [-0.2, -0.15) is 18.4 Å². The van der Waals surface area contributed by atoms with Crippen molar-refractivity contribution in [3.05, 3.63) is 90.0 Å².